The van der Waals surface area contributed by atoms with Crippen molar-refractivity contribution in [2.45, 2.75) is 122 Å². The molecule has 3 fully saturated rings. The number of methoxy groups -OCH3 is 2. The Hall–Kier alpha value is -2.34. The van der Waals surface area contributed by atoms with Crippen LogP contribution >= 0.6 is 23.5 Å². The Labute approximate surface area is 396 Å². The van der Waals surface area contributed by atoms with Gasteiger partial charge in [-0.3, -0.25) is 19.2 Å². The minimum Gasteiger partial charge on any atom is -0.387 e. The molecule has 0 aromatic rings. The van der Waals surface area contributed by atoms with E-state index in [1.807, 2.05) is 85.6 Å². The number of likely N-dealkylation sites (N-methyl/N-ethyl adjacent to an activating group) is 2. The molecule has 376 valence electrons. The van der Waals surface area contributed by atoms with E-state index in [9.17, 15) is 39.6 Å². The summed E-state index contributed by atoms with van der Waals surface area (Å²) < 4.78 is 22.5. The van der Waals surface area contributed by atoms with Gasteiger partial charge in [0, 0.05) is 76.5 Å². The van der Waals surface area contributed by atoms with Gasteiger partial charge in [-0.2, -0.15) is 23.5 Å². The highest BCUT2D eigenvalue weighted by molar-refractivity contribution is 7.99. The Morgan fingerprint density at radius 1 is 0.800 bits per heavy atom. The molecule has 3 aliphatic rings. The lowest BCUT2D eigenvalue weighted by atomic mass is 9.93. The lowest BCUT2D eigenvalue weighted by Gasteiger charge is -2.45. The lowest BCUT2D eigenvalue weighted by molar-refractivity contribution is -0.334. The number of carbonyl (C=O) groups is 4. The summed E-state index contributed by atoms with van der Waals surface area (Å²) in [6, 6.07) is -1.42. The first kappa shape index (κ1) is 58.8. The summed E-state index contributed by atoms with van der Waals surface area (Å²) in [5.41, 5.74) is -0.325. The smallest absolute Gasteiger partial charge is 0.252 e. The highest BCUT2D eigenvalue weighted by atomic mass is 32.2. The number of thioether (sulfide) groups is 2. The van der Waals surface area contributed by atoms with Crippen LogP contribution in [0, 0.1) is 10.8 Å². The molecule has 3 saturated heterocycles. The molecule has 2 unspecified atom stereocenters. The van der Waals surface area contributed by atoms with Gasteiger partial charge >= 0.3 is 0 Å². The van der Waals surface area contributed by atoms with Gasteiger partial charge in [0.15, 0.2) is 18.0 Å². The van der Waals surface area contributed by atoms with E-state index in [0.717, 1.165) is 18.1 Å². The lowest BCUT2D eigenvalue weighted by Crippen LogP contribution is -2.62. The Morgan fingerprint density at radius 2 is 1.28 bits per heavy atom. The van der Waals surface area contributed by atoms with Crippen LogP contribution in [0.3, 0.4) is 0 Å². The van der Waals surface area contributed by atoms with E-state index in [1.165, 1.54) is 20.3 Å². The number of nitrogens with one attached hydrogen (secondary N) is 2. The van der Waals surface area contributed by atoms with Crippen LogP contribution in [-0.4, -0.2) is 235 Å². The number of hydrogen-bond acceptors (Lipinski definition) is 16. The molecule has 6 N–H and O–H groups in total. The van der Waals surface area contributed by atoms with Crippen molar-refractivity contribution in [2.75, 3.05) is 105 Å². The van der Waals surface area contributed by atoms with E-state index >= 15 is 0 Å². The van der Waals surface area contributed by atoms with Gasteiger partial charge in [0.2, 0.25) is 11.8 Å². The van der Waals surface area contributed by atoms with E-state index in [2.05, 4.69) is 10.6 Å². The molecule has 0 spiro atoms. The quantitative estimate of drug-likeness (QED) is 0.103. The second kappa shape index (κ2) is 27.0. The molecule has 0 aromatic carbocycles. The molecule has 3 aliphatic heterocycles. The van der Waals surface area contributed by atoms with Crippen LogP contribution in [0.15, 0.2) is 24.3 Å². The second-order valence-corrected chi connectivity index (χ2v) is 22.1. The van der Waals surface area contributed by atoms with Gasteiger partial charge in [-0.05, 0) is 52.9 Å². The van der Waals surface area contributed by atoms with Crippen molar-refractivity contribution in [3.8, 4) is 0 Å². The maximum Gasteiger partial charge on any atom is 0.252 e. The maximum atomic E-state index is 13.3. The van der Waals surface area contributed by atoms with E-state index in [1.54, 1.807) is 59.3 Å². The molecule has 4 amide bonds. The van der Waals surface area contributed by atoms with Gasteiger partial charge in [0.05, 0.1) is 0 Å². The number of ether oxygens (including phenoxy) is 4. The fourth-order valence-corrected chi connectivity index (χ4v) is 8.77. The predicted molar refractivity (Wildman–Crippen MR) is 255 cm³/mol. The summed E-state index contributed by atoms with van der Waals surface area (Å²) in [5, 5.41) is 47.5. The fourth-order valence-electron chi connectivity index (χ4n) is 6.82. The van der Waals surface area contributed by atoms with E-state index in [0.29, 0.717) is 44.2 Å². The number of aliphatic hydroxyl groups is 4. The van der Waals surface area contributed by atoms with E-state index < -0.39 is 78.5 Å². The zero-order valence-corrected chi connectivity index (χ0v) is 42.9. The van der Waals surface area contributed by atoms with Crippen molar-refractivity contribution in [3.63, 3.8) is 0 Å². The Bertz CT molecular complexity index is 1560. The number of carbonyl (C=O) groups excluding carboxylic acids is 4. The van der Waals surface area contributed by atoms with Gasteiger partial charge in [-0.1, -0.05) is 65.8 Å². The van der Waals surface area contributed by atoms with Gasteiger partial charge < -0.3 is 69.6 Å². The molecule has 3 heterocycles. The van der Waals surface area contributed by atoms with E-state index in [-0.39, 0.29) is 22.6 Å². The average molecular weight is 963 g/mol. The SMILES string of the molecule is CO[C@@H](C(=O)NC1CSCCN(CCN(C)C)C1=O)[C@@H]1OC(C)(C)O[C@H](/C=C/C(C)(C)C)[C@@H]1O.CO[C@@H](C(=O)NC1CSCCN(CCN(C)C)C1=O)[C@H](O)[C@@H](O)[C@H](O)/C=C/C(C)(C)C. The molecule has 3 rings (SSSR count). The fraction of sp³-hybridized carbons (Fsp3) is 0.822. The van der Waals surface area contributed by atoms with E-state index in [4.69, 9.17) is 18.9 Å². The van der Waals surface area contributed by atoms with Crippen molar-refractivity contribution in [3.05, 3.63) is 24.3 Å². The van der Waals surface area contributed by atoms with Crippen LogP contribution < -0.4 is 10.6 Å². The largest absolute Gasteiger partial charge is 0.387 e. The highest BCUT2D eigenvalue weighted by Gasteiger charge is 2.48. The van der Waals surface area contributed by atoms with Crippen LogP contribution in [0.2, 0.25) is 0 Å². The minimum absolute atomic E-state index is 0.102. The maximum absolute atomic E-state index is 13.3. The van der Waals surface area contributed by atoms with Crippen LogP contribution in [0.1, 0.15) is 55.4 Å². The van der Waals surface area contributed by atoms with Crippen molar-refractivity contribution in [1.82, 2.24) is 30.2 Å². The normalized spacial score (nSPS) is 26.0. The van der Waals surface area contributed by atoms with Crippen LogP contribution in [-0.2, 0) is 38.1 Å². The molecule has 0 bridgehead atoms. The summed E-state index contributed by atoms with van der Waals surface area (Å²) >= 11 is 3.19. The second-order valence-electron chi connectivity index (χ2n) is 19.8. The number of rotatable bonds is 18. The molecule has 20 heteroatoms. The monoisotopic (exact) mass is 963 g/mol. The average Bonchev–Trinajstić information content (AvgIpc) is 3.49. The molecule has 65 heavy (non-hydrogen) atoms. The number of allylic oxidation sites excluding steroid dienone is 2. The zero-order valence-electron chi connectivity index (χ0n) is 41.3. The Kier molecular flexibility index (Phi) is 24.4. The zero-order chi connectivity index (χ0) is 49.4. The summed E-state index contributed by atoms with van der Waals surface area (Å²) in [4.78, 5) is 59.5. The molecule has 0 radical (unpaired) electrons. The van der Waals surface area contributed by atoms with Crippen LogP contribution in [0.4, 0.5) is 0 Å². The molecule has 0 aliphatic carbocycles. The third kappa shape index (κ3) is 20.4. The first-order valence-corrected chi connectivity index (χ1v) is 24.6. The summed E-state index contributed by atoms with van der Waals surface area (Å²) in [5.74, 6) is -0.0400. The van der Waals surface area contributed by atoms with Crippen LogP contribution in [0.25, 0.3) is 0 Å². The Balaban J connectivity index is 0.000000449. The molecular formula is C45H82N6O12S2. The van der Waals surface area contributed by atoms with Gasteiger partial charge in [-0.25, -0.2) is 0 Å². The summed E-state index contributed by atoms with van der Waals surface area (Å²) in [6.07, 6.45) is -3.15. The topological polar surface area (TPSA) is 223 Å². The highest BCUT2D eigenvalue weighted by Crippen LogP contribution is 2.31. The van der Waals surface area contributed by atoms with Gasteiger partial charge in [-0.15, -0.1) is 0 Å². The third-order valence-electron chi connectivity index (χ3n) is 10.5. The molecule has 0 aromatic heterocycles. The summed E-state index contributed by atoms with van der Waals surface area (Å²) in [6.45, 7) is 19.3. The minimum atomic E-state index is -1.68. The Morgan fingerprint density at radius 3 is 1.71 bits per heavy atom. The van der Waals surface area contributed by atoms with Crippen molar-refractivity contribution < 1.29 is 58.6 Å². The number of amides is 4. The standard InChI is InChI=1S/C24H43N3O6S.C21H39N3O6S/c1-23(2,3)10-9-17-18(28)19(33-24(4,5)32-17)20(31-8)21(29)25-16-15-34-14-13-27(22(16)30)12-11-26(6)7;1-21(2,3)8-7-15(25)16(26)17(27)18(30-6)19(28)22-14-13-31-12-11-24(20(14)29)10-9-23(4)5/h9-10,16-20,28H,11-15H2,1-8H3,(H,25,29);7-8,14-18,25-27H,9-13H2,1-6H3,(H,22,28)/b10-9+;8-7+/t16?,17-,18+,19-,20-;14?,15-,16+,17-,18-/m11/s1. The number of nitrogens with zero attached hydrogens (tertiary/aromatic N) is 4. The number of aliphatic hydroxyl groups excluding tert-OH is 4. The summed E-state index contributed by atoms with van der Waals surface area (Å²) in [7, 11) is 10.4. The molecule has 0 saturated carbocycles. The van der Waals surface area contributed by atoms with Gasteiger partial charge in [0.1, 0.15) is 48.7 Å². The van der Waals surface area contributed by atoms with Gasteiger partial charge in [0.25, 0.3) is 11.8 Å². The van der Waals surface area contributed by atoms with Crippen molar-refractivity contribution in [2.24, 2.45) is 10.8 Å². The molecular weight excluding hydrogens is 881 g/mol. The first-order valence-electron chi connectivity index (χ1n) is 22.3. The third-order valence-corrected chi connectivity index (χ3v) is 12.6. The molecule has 10 atom stereocenters. The first-order chi connectivity index (χ1) is 30.1. The van der Waals surface area contributed by atoms with Crippen LogP contribution in [0.5, 0.6) is 0 Å². The van der Waals surface area contributed by atoms with Crippen molar-refractivity contribution in [1.29, 1.82) is 0 Å². The molecule has 18 nitrogen and oxygen atoms in total. The number of hydrogen-bond donors (Lipinski definition) is 6. The predicted octanol–water partition coefficient (Wildman–Crippen LogP) is 0.415. The van der Waals surface area contributed by atoms with Crippen molar-refractivity contribution >= 4 is 47.2 Å².